The first-order chi connectivity index (χ1) is 11.1. The Balaban J connectivity index is 0.00000288. The molecule has 2 fully saturated rings. The smallest absolute Gasteiger partial charge is 0.191 e. The van der Waals surface area contributed by atoms with Crippen molar-refractivity contribution in [1.82, 2.24) is 15.5 Å². The summed E-state index contributed by atoms with van der Waals surface area (Å²) in [4.78, 5) is 7.22. The number of likely N-dealkylation sites (N-methyl/N-ethyl adjacent to an activating group) is 1. The van der Waals surface area contributed by atoms with Crippen LogP contribution in [0.4, 0.5) is 0 Å². The lowest BCUT2D eigenvalue weighted by molar-refractivity contribution is 0.131. The van der Waals surface area contributed by atoms with Crippen LogP contribution in [-0.2, 0) is 4.74 Å². The molecule has 0 bridgehead atoms. The second-order valence-electron chi connectivity index (χ2n) is 7.10. The number of nitrogens with zero attached hydrogens (tertiary/aromatic N) is 2. The second-order valence-corrected chi connectivity index (χ2v) is 7.10. The summed E-state index contributed by atoms with van der Waals surface area (Å²) < 4.78 is 5.54. The van der Waals surface area contributed by atoms with E-state index in [0.717, 1.165) is 44.5 Å². The Morgan fingerprint density at radius 2 is 2.17 bits per heavy atom. The molecule has 1 heterocycles. The van der Waals surface area contributed by atoms with E-state index >= 15 is 0 Å². The number of nitrogens with one attached hydrogen (secondary N) is 2. The molecule has 0 amide bonds. The molecule has 142 valence electrons. The molecular formula is C17H35IN4O2. The Labute approximate surface area is 163 Å². The van der Waals surface area contributed by atoms with Gasteiger partial charge in [0.25, 0.3) is 0 Å². The van der Waals surface area contributed by atoms with Gasteiger partial charge in [-0.3, -0.25) is 9.89 Å². The fraction of sp³-hybridized carbons (Fsp3) is 0.941. The monoisotopic (exact) mass is 454 g/mol. The summed E-state index contributed by atoms with van der Waals surface area (Å²) in [5, 5.41) is 16.1. The predicted molar refractivity (Wildman–Crippen MR) is 109 cm³/mol. The van der Waals surface area contributed by atoms with Crippen molar-refractivity contribution in [2.24, 2.45) is 10.4 Å². The van der Waals surface area contributed by atoms with Crippen LogP contribution in [0.2, 0.25) is 0 Å². The molecule has 1 saturated heterocycles. The second kappa shape index (κ2) is 10.8. The average molecular weight is 454 g/mol. The average Bonchev–Trinajstić information content (AvgIpc) is 3.30. The maximum Gasteiger partial charge on any atom is 0.191 e. The Morgan fingerprint density at radius 1 is 1.42 bits per heavy atom. The zero-order valence-electron chi connectivity index (χ0n) is 15.4. The van der Waals surface area contributed by atoms with Gasteiger partial charge >= 0.3 is 0 Å². The van der Waals surface area contributed by atoms with Gasteiger partial charge in [-0.1, -0.05) is 0 Å². The Kier molecular flexibility index (Phi) is 9.84. The molecule has 6 nitrogen and oxygen atoms in total. The van der Waals surface area contributed by atoms with E-state index in [9.17, 15) is 5.11 Å². The highest BCUT2D eigenvalue weighted by atomic mass is 127. The third-order valence-electron chi connectivity index (χ3n) is 5.13. The van der Waals surface area contributed by atoms with Crippen LogP contribution in [0.15, 0.2) is 4.99 Å². The summed E-state index contributed by atoms with van der Waals surface area (Å²) >= 11 is 0. The van der Waals surface area contributed by atoms with Crippen LogP contribution in [0.1, 0.15) is 39.5 Å². The van der Waals surface area contributed by atoms with Gasteiger partial charge in [0.2, 0.25) is 0 Å². The molecule has 2 rings (SSSR count). The van der Waals surface area contributed by atoms with Gasteiger partial charge < -0.3 is 20.5 Å². The first-order valence-electron chi connectivity index (χ1n) is 9.03. The highest BCUT2D eigenvalue weighted by Crippen LogP contribution is 2.32. The molecule has 24 heavy (non-hydrogen) atoms. The van der Waals surface area contributed by atoms with Gasteiger partial charge in [0.15, 0.2) is 5.96 Å². The van der Waals surface area contributed by atoms with Crippen molar-refractivity contribution in [2.45, 2.75) is 51.6 Å². The minimum atomic E-state index is 0. The van der Waals surface area contributed by atoms with Gasteiger partial charge in [0.05, 0.1) is 13.2 Å². The molecule has 1 aliphatic carbocycles. The van der Waals surface area contributed by atoms with E-state index in [4.69, 9.17) is 9.73 Å². The Morgan fingerprint density at radius 3 is 2.71 bits per heavy atom. The van der Waals surface area contributed by atoms with Crippen molar-refractivity contribution in [3.8, 4) is 0 Å². The van der Waals surface area contributed by atoms with Crippen molar-refractivity contribution < 1.29 is 9.84 Å². The molecule has 2 unspecified atom stereocenters. The van der Waals surface area contributed by atoms with Gasteiger partial charge in [-0.15, -0.1) is 24.0 Å². The standard InChI is InChI=1S/C17H34N4O2.HI/c1-4-18-16(19-11-14(2)21(3)15-5-6-15)20-12-17(7-9-22)8-10-23-13-17;/h14-15,22H,4-13H2,1-3H3,(H2,18,19,20);1H. The molecule has 1 aliphatic heterocycles. The number of hydrogen-bond acceptors (Lipinski definition) is 4. The van der Waals surface area contributed by atoms with Crippen LogP contribution < -0.4 is 10.6 Å². The quantitative estimate of drug-likeness (QED) is 0.280. The summed E-state index contributed by atoms with van der Waals surface area (Å²) in [5.74, 6) is 0.868. The summed E-state index contributed by atoms with van der Waals surface area (Å²) in [6, 6.07) is 1.27. The summed E-state index contributed by atoms with van der Waals surface area (Å²) in [7, 11) is 2.21. The number of guanidine groups is 1. The molecule has 7 heteroatoms. The molecule has 2 atom stereocenters. The minimum Gasteiger partial charge on any atom is -0.396 e. The van der Waals surface area contributed by atoms with Crippen LogP contribution >= 0.6 is 24.0 Å². The maximum atomic E-state index is 9.31. The number of aliphatic imine (C=N–C) groups is 1. The molecule has 0 aromatic carbocycles. The molecule has 0 aromatic heterocycles. The largest absolute Gasteiger partial charge is 0.396 e. The highest BCUT2D eigenvalue weighted by molar-refractivity contribution is 14.0. The molecule has 0 radical (unpaired) electrons. The van der Waals surface area contributed by atoms with Crippen LogP contribution in [0, 0.1) is 5.41 Å². The molecule has 2 aliphatic rings. The van der Waals surface area contributed by atoms with E-state index in [1.807, 2.05) is 0 Å². The van der Waals surface area contributed by atoms with Gasteiger partial charge in [0, 0.05) is 43.8 Å². The lowest BCUT2D eigenvalue weighted by Gasteiger charge is -2.27. The van der Waals surface area contributed by atoms with E-state index in [1.165, 1.54) is 12.8 Å². The summed E-state index contributed by atoms with van der Waals surface area (Å²) in [5.41, 5.74) is 0.00746. The molecular weight excluding hydrogens is 419 g/mol. The zero-order valence-corrected chi connectivity index (χ0v) is 17.7. The van der Waals surface area contributed by atoms with Crippen LogP contribution in [-0.4, -0.2) is 74.6 Å². The number of aliphatic hydroxyl groups excluding tert-OH is 1. The van der Waals surface area contributed by atoms with E-state index in [-0.39, 0.29) is 36.0 Å². The fourth-order valence-corrected chi connectivity index (χ4v) is 3.11. The SMILES string of the molecule is CCNC(=NCC1(CCO)CCOC1)NCC(C)N(C)C1CC1.I. The minimum absolute atomic E-state index is 0. The molecule has 3 N–H and O–H groups in total. The van der Waals surface area contributed by atoms with Crippen molar-refractivity contribution in [3.63, 3.8) is 0 Å². The van der Waals surface area contributed by atoms with Crippen molar-refractivity contribution in [3.05, 3.63) is 0 Å². The summed E-state index contributed by atoms with van der Waals surface area (Å²) in [6.45, 7) is 8.47. The van der Waals surface area contributed by atoms with E-state index < -0.39 is 0 Å². The third-order valence-corrected chi connectivity index (χ3v) is 5.13. The van der Waals surface area contributed by atoms with Gasteiger partial charge in [-0.2, -0.15) is 0 Å². The topological polar surface area (TPSA) is 69.1 Å². The zero-order chi connectivity index (χ0) is 16.7. The fourth-order valence-electron chi connectivity index (χ4n) is 3.11. The van der Waals surface area contributed by atoms with Crippen LogP contribution in [0.25, 0.3) is 0 Å². The van der Waals surface area contributed by atoms with Crippen molar-refractivity contribution >= 4 is 29.9 Å². The maximum absolute atomic E-state index is 9.31. The highest BCUT2D eigenvalue weighted by Gasteiger charge is 2.34. The van der Waals surface area contributed by atoms with Gasteiger partial charge in [-0.05, 0) is 46.6 Å². The molecule has 0 spiro atoms. The number of ether oxygens (including phenoxy) is 1. The van der Waals surface area contributed by atoms with E-state index in [2.05, 4.69) is 36.4 Å². The first kappa shape index (κ1) is 21.9. The van der Waals surface area contributed by atoms with E-state index in [0.29, 0.717) is 19.2 Å². The van der Waals surface area contributed by atoms with Crippen molar-refractivity contribution in [2.75, 3.05) is 46.5 Å². The van der Waals surface area contributed by atoms with Gasteiger partial charge in [0.1, 0.15) is 0 Å². The third kappa shape index (κ3) is 6.65. The predicted octanol–water partition coefficient (Wildman–Crippen LogP) is 1.43. The molecule has 0 aromatic rings. The van der Waals surface area contributed by atoms with Crippen LogP contribution in [0.3, 0.4) is 0 Å². The van der Waals surface area contributed by atoms with Crippen LogP contribution in [0.5, 0.6) is 0 Å². The first-order valence-corrected chi connectivity index (χ1v) is 9.03. The van der Waals surface area contributed by atoms with Crippen molar-refractivity contribution in [1.29, 1.82) is 0 Å². The van der Waals surface area contributed by atoms with Gasteiger partial charge in [-0.25, -0.2) is 0 Å². The lowest BCUT2D eigenvalue weighted by Crippen LogP contribution is -2.46. The Bertz CT molecular complexity index is 385. The lowest BCUT2D eigenvalue weighted by atomic mass is 9.84. The normalized spacial score (nSPS) is 25.5. The number of aliphatic hydroxyl groups is 1. The summed E-state index contributed by atoms with van der Waals surface area (Å²) in [6.07, 6.45) is 4.41. The molecule has 1 saturated carbocycles. The number of hydrogen-bond donors (Lipinski definition) is 3. The Hall–Kier alpha value is -0.120. The van der Waals surface area contributed by atoms with E-state index in [1.54, 1.807) is 0 Å². The number of halogens is 1. The number of rotatable bonds is 9.